The van der Waals surface area contributed by atoms with Crippen molar-refractivity contribution in [2.45, 2.75) is 173 Å². The van der Waals surface area contributed by atoms with Gasteiger partial charge in [-0.3, -0.25) is 38.9 Å². The molecule has 5 N–H and O–H groups in total. The molecule has 0 aliphatic carbocycles. The van der Waals surface area contributed by atoms with Gasteiger partial charge in [-0.1, -0.05) is 69.4 Å². The van der Waals surface area contributed by atoms with Crippen LogP contribution in [0.1, 0.15) is 131 Å². The lowest BCUT2D eigenvalue weighted by atomic mass is 9.75. The van der Waals surface area contributed by atoms with Crippen molar-refractivity contribution in [1.82, 2.24) is 40.3 Å². The second-order valence-electron chi connectivity index (χ2n) is 29.8. The standard InChI is InChI=1S/C74H86F10N9O15P/c1-41-24-47(30-61(95)91-22-21-57(91)67(99)100)64(48(25-41)40-109(102,103)104)70(2,3)32-63(97)108-59(37-90(88-66(98)53(31-62(96)105-8)71(4,5)73(79,80)81)36-52-54(75)27-45(28-55(52)76)56-20-23-92(87-56)68(77)78)46(29-58(94)65(86-69(101)106-9)72(6,7)74(82,83)84)26-43-13-10-42(11-14-43)12-15-44-16-19-60(85-33-44)89-34-49-17-18-50(35-89)93(49)51-38-107-39-51/h10-11,13-14,16,19-20,23-25,27-28,33,46,49-51,53,57,59,65,68H,17-18,21-22,26,29-32,34-40H2,1-9H3,(H,86,101)(H,88,98)(H,99,100)(H2,102,103,104)/t46-,49?,50?,53-,57-,59+,65-/m1/s1. The highest BCUT2D eigenvalue weighted by atomic mass is 31.2. The van der Waals surface area contributed by atoms with Crippen molar-refractivity contribution >= 4 is 55.0 Å². The fourth-order valence-corrected chi connectivity index (χ4v) is 15.2. The summed E-state index contributed by atoms with van der Waals surface area (Å²) in [6, 6.07) is 12.0. The molecule has 6 heterocycles. The first-order chi connectivity index (χ1) is 50.9. The van der Waals surface area contributed by atoms with E-state index in [1.807, 2.05) is 11.4 Å². The van der Waals surface area contributed by atoms with Crippen LogP contribution in [0.15, 0.2) is 79.1 Å². The van der Waals surface area contributed by atoms with Gasteiger partial charge in [0.2, 0.25) is 11.8 Å². The van der Waals surface area contributed by atoms with Gasteiger partial charge in [-0.25, -0.2) is 33.0 Å². The summed E-state index contributed by atoms with van der Waals surface area (Å²) in [5.74, 6) is -8.37. The average Bonchev–Trinajstić information content (AvgIpc) is 1.75. The number of anilines is 1. The van der Waals surface area contributed by atoms with E-state index in [0.29, 0.717) is 92.9 Å². The average molecular weight is 1560 g/mol. The van der Waals surface area contributed by atoms with Gasteiger partial charge in [0.15, 0.2) is 5.78 Å². The van der Waals surface area contributed by atoms with Crippen molar-refractivity contribution in [1.29, 1.82) is 0 Å². The molecule has 2 bridgehead atoms. The molecule has 5 aromatic rings. The minimum atomic E-state index is -5.31. The molecular formula is C74H86F10N9O15P. The number of carboxylic acids is 1. The Kier molecular flexibility index (Phi) is 26.0. The van der Waals surface area contributed by atoms with Gasteiger partial charge in [0.25, 0.3) is 0 Å². The van der Waals surface area contributed by atoms with E-state index in [-0.39, 0.29) is 45.6 Å². The first kappa shape index (κ1) is 84.0. The van der Waals surface area contributed by atoms with Gasteiger partial charge in [0.05, 0.1) is 87.9 Å². The van der Waals surface area contributed by atoms with Crippen LogP contribution in [-0.4, -0.2) is 188 Å². The molecule has 35 heteroatoms. The van der Waals surface area contributed by atoms with Crippen molar-refractivity contribution in [3.05, 3.63) is 135 Å². The second kappa shape index (κ2) is 33.7. The molecule has 592 valence electrons. The van der Waals surface area contributed by atoms with Crippen LogP contribution in [0.25, 0.3) is 11.3 Å². The molecule has 3 amide bonds. The van der Waals surface area contributed by atoms with Crippen LogP contribution in [0, 0.1) is 53.1 Å². The van der Waals surface area contributed by atoms with Crippen LogP contribution >= 0.6 is 7.60 Å². The first-order valence-electron chi connectivity index (χ1n) is 34.9. The Balaban J connectivity index is 1.17. The fourth-order valence-electron chi connectivity index (χ4n) is 14.5. The Morgan fingerprint density at radius 2 is 1.39 bits per heavy atom. The van der Waals surface area contributed by atoms with Crippen molar-refractivity contribution < 1.29 is 116 Å². The molecular weight excluding hydrogens is 1480 g/mol. The normalized spacial score (nSPS) is 18.4. The maximum Gasteiger partial charge on any atom is 0.407 e. The van der Waals surface area contributed by atoms with Crippen LogP contribution in [-0.2, 0) is 83.2 Å². The second-order valence-corrected chi connectivity index (χ2v) is 31.4. The number of aliphatic carboxylic acids is 1. The van der Waals surface area contributed by atoms with Crippen molar-refractivity contribution in [3.8, 4) is 23.1 Å². The van der Waals surface area contributed by atoms with Crippen molar-refractivity contribution in [2.24, 2.45) is 22.7 Å². The minimum absolute atomic E-state index is 0.0199. The number of hydrazine groups is 1. The van der Waals surface area contributed by atoms with Gasteiger partial charge in [-0.05, 0) is 111 Å². The Morgan fingerprint density at radius 3 is 1.92 bits per heavy atom. The number of Topliss-reactive ketones (excluding diaryl/α,β-unsaturated/α-hetero) is 1. The summed E-state index contributed by atoms with van der Waals surface area (Å²) in [6.45, 7) is 3.80. The molecule has 4 aliphatic heterocycles. The number of hydrogen-bond acceptors (Lipinski definition) is 17. The van der Waals surface area contributed by atoms with Gasteiger partial charge in [-0.2, -0.15) is 40.2 Å². The van der Waals surface area contributed by atoms with E-state index in [4.69, 9.17) is 14.5 Å². The van der Waals surface area contributed by atoms with E-state index < -0.39 is 188 Å². The number of likely N-dealkylation sites (tertiary alicyclic amines) is 1. The number of amides is 3. The molecule has 0 spiro atoms. The molecule has 4 saturated heterocycles. The van der Waals surface area contributed by atoms with E-state index in [1.54, 1.807) is 12.3 Å². The predicted octanol–water partition coefficient (Wildman–Crippen LogP) is 10.3. The molecule has 9 rings (SSSR count). The van der Waals surface area contributed by atoms with Crippen LogP contribution in [0.2, 0.25) is 0 Å². The zero-order valence-electron chi connectivity index (χ0n) is 61.1. The smallest absolute Gasteiger partial charge is 0.407 e. The summed E-state index contributed by atoms with van der Waals surface area (Å²) in [4.78, 5) is 129. The van der Waals surface area contributed by atoms with E-state index in [1.165, 1.54) is 57.2 Å². The third-order valence-electron chi connectivity index (χ3n) is 20.8. The van der Waals surface area contributed by atoms with Gasteiger partial charge >= 0.3 is 50.5 Å². The number of methoxy groups -OCH3 is 2. The predicted molar refractivity (Wildman–Crippen MR) is 371 cm³/mol. The molecule has 7 atom stereocenters. The van der Waals surface area contributed by atoms with Crippen molar-refractivity contribution in [3.63, 3.8) is 0 Å². The molecule has 4 aliphatic rings. The zero-order chi connectivity index (χ0) is 80.2. The maximum absolute atomic E-state index is 16.9. The molecule has 109 heavy (non-hydrogen) atoms. The number of piperazine rings is 1. The van der Waals surface area contributed by atoms with Gasteiger partial charge < -0.3 is 49.0 Å². The molecule has 2 aromatic heterocycles. The van der Waals surface area contributed by atoms with Gasteiger partial charge in [0.1, 0.15) is 35.6 Å². The monoisotopic (exact) mass is 1560 g/mol. The van der Waals surface area contributed by atoms with E-state index in [9.17, 15) is 52.2 Å². The van der Waals surface area contributed by atoms with E-state index in [2.05, 4.69) is 41.6 Å². The molecule has 0 saturated carbocycles. The number of alkyl halides is 8. The third kappa shape index (κ3) is 20.2. The molecule has 0 radical (unpaired) electrons. The zero-order valence-corrected chi connectivity index (χ0v) is 62.0. The lowest BCUT2D eigenvalue weighted by Gasteiger charge is -2.47. The number of nitrogens with zero attached hydrogens (tertiary/aromatic N) is 7. The number of ketones is 1. The van der Waals surface area contributed by atoms with Crippen LogP contribution < -0.4 is 15.6 Å². The molecule has 3 aromatic carbocycles. The minimum Gasteiger partial charge on any atom is -0.480 e. The summed E-state index contributed by atoms with van der Waals surface area (Å²) in [5, 5.41) is 16.0. The highest BCUT2D eigenvalue weighted by molar-refractivity contribution is 7.50. The number of ether oxygens (including phenoxy) is 4. The summed E-state index contributed by atoms with van der Waals surface area (Å²) < 4.78 is 187. The number of carboxylic acid groups (broad SMARTS) is 1. The molecule has 2 unspecified atom stereocenters. The topological polar surface area (TPSA) is 302 Å². The number of fused-ring (bicyclic) bond motifs is 2. The lowest BCUT2D eigenvalue weighted by Crippen LogP contribution is -2.62. The van der Waals surface area contributed by atoms with Crippen LogP contribution in [0.4, 0.5) is 54.5 Å². The number of aromatic nitrogens is 3. The number of halogens is 10. The number of nitrogens with one attached hydrogen (secondary N) is 2. The molecule has 4 fully saturated rings. The van der Waals surface area contributed by atoms with Crippen molar-refractivity contribution in [2.75, 3.05) is 58.5 Å². The third-order valence-corrected chi connectivity index (χ3v) is 21.5. The van der Waals surface area contributed by atoms with Gasteiger partial charge in [0, 0.05) is 90.7 Å². The molecule has 24 nitrogen and oxygen atoms in total. The SMILES string of the molecule is COC(=O)C[C@H](C(=O)NN(Cc1c(F)cc(-c2ccn(C(F)F)n2)cc1F)C[C@H](OC(=O)CC(C)(C)c1c(CC(=O)N2CC[C@@H]2C(=O)O)cc(C)cc1CP(=O)(O)O)[C@@H](CC(=O)[C@@H](NC(=O)OC)C(C)(C)C(F)(F)F)Cc1ccc(C#Cc2ccc(N3CC4CCC(C3)N4C3COC3)nc2)cc1)C(C)(C)C(F)(F)F. The summed E-state index contributed by atoms with van der Waals surface area (Å²) in [5.41, 5.74) is -6.44. The Bertz CT molecular complexity index is 4270. The van der Waals surface area contributed by atoms with E-state index in [0.717, 1.165) is 63.1 Å². The highest BCUT2D eigenvalue weighted by Gasteiger charge is 2.58. The number of carbonyl (C=O) groups excluding carboxylic acids is 6. The first-order valence-corrected chi connectivity index (χ1v) is 36.7. The van der Waals surface area contributed by atoms with Crippen LogP contribution in [0.5, 0.6) is 0 Å². The number of aryl methyl sites for hydroxylation is 1. The quantitative estimate of drug-likeness (QED) is 0.00713. The van der Waals surface area contributed by atoms with Crippen LogP contribution in [0.3, 0.4) is 0 Å². The Hall–Kier alpha value is -9.00. The maximum atomic E-state index is 16.9. The number of rotatable bonds is 30. The largest absolute Gasteiger partial charge is 0.480 e. The summed E-state index contributed by atoms with van der Waals surface area (Å²) in [7, 11) is -3.47. The Labute approximate surface area is 621 Å². The number of hydrogen-bond donors (Lipinski definition) is 5. The number of carbonyl (C=O) groups is 7. The van der Waals surface area contributed by atoms with E-state index >= 15 is 44.7 Å². The van der Waals surface area contributed by atoms with Gasteiger partial charge in [-0.15, -0.1) is 0 Å². The number of pyridine rings is 1. The number of benzene rings is 3. The summed E-state index contributed by atoms with van der Waals surface area (Å²) in [6.07, 6.45) is -15.3. The lowest BCUT2D eigenvalue weighted by molar-refractivity contribution is -0.231. The fraction of sp³-hybridized carbons (Fsp3) is 0.527. The number of esters is 2. The summed E-state index contributed by atoms with van der Waals surface area (Å²) >= 11 is 0. The Morgan fingerprint density at radius 1 is 0.780 bits per heavy atom. The highest BCUT2D eigenvalue weighted by Crippen LogP contribution is 2.48. The number of alkyl carbamates (subject to hydrolysis) is 1.